The molecule has 1 unspecified atom stereocenters. The molecule has 0 saturated carbocycles. The molecule has 2 aliphatic heterocycles. The zero-order valence-corrected chi connectivity index (χ0v) is 14.1. The quantitative estimate of drug-likeness (QED) is 0.870. The van der Waals surface area contributed by atoms with Crippen LogP contribution in [0.25, 0.3) is 11.5 Å². The number of hydrogen-bond donors (Lipinski definition) is 0. The first-order valence-electron chi connectivity index (χ1n) is 8.69. The molecule has 2 aliphatic rings. The number of likely N-dealkylation sites (N-methyl/N-ethyl adjacent to an activating group) is 1. The third-order valence-electron chi connectivity index (χ3n) is 5.38. The van der Waals surface area contributed by atoms with Crippen LogP contribution in [0.15, 0.2) is 41.0 Å². The minimum atomic E-state index is -0.321. The van der Waals surface area contributed by atoms with Gasteiger partial charge in [0.05, 0.1) is 5.69 Å². The van der Waals surface area contributed by atoms with Gasteiger partial charge in [-0.2, -0.15) is 0 Å². The Morgan fingerprint density at radius 1 is 1.17 bits per heavy atom. The van der Waals surface area contributed by atoms with Gasteiger partial charge in [0.15, 0.2) is 0 Å². The summed E-state index contributed by atoms with van der Waals surface area (Å²) in [6, 6.07) is 9.92. The van der Waals surface area contributed by atoms with E-state index in [2.05, 4.69) is 9.88 Å². The number of oxazole rings is 1. The van der Waals surface area contributed by atoms with Crippen LogP contribution in [0.5, 0.6) is 0 Å². The van der Waals surface area contributed by atoms with Crippen molar-refractivity contribution >= 4 is 5.91 Å². The van der Waals surface area contributed by atoms with E-state index in [9.17, 15) is 4.79 Å². The van der Waals surface area contributed by atoms with Crippen molar-refractivity contribution in [1.82, 2.24) is 14.8 Å². The first-order valence-corrected chi connectivity index (χ1v) is 8.69. The molecule has 0 N–H and O–H groups in total. The molecule has 126 valence electrons. The normalized spacial score (nSPS) is 24.9. The number of rotatable bonds is 3. The maximum atomic E-state index is 12.8. The van der Waals surface area contributed by atoms with Gasteiger partial charge in [-0.3, -0.25) is 9.69 Å². The SMILES string of the molecule is CN1CCCC2(CCCN2Cc2coc(-c3ccccc3)n2)C1=O. The first kappa shape index (κ1) is 15.4. The minimum Gasteiger partial charge on any atom is -0.444 e. The fourth-order valence-electron chi connectivity index (χ4n) is 4.15. The second-order valence-corrected chi connectivity index (χ2v) is 6.90. The lowest BCUT2D eigenvalue weighted by atomic mass is 9.85. The van der Waals surface area contributed by atoms with E-state index in [0.29, 0.717) is 12.4 Å². The van der Waals surface area contributed by atoms with E-state index in [1.165, 1.54) is 0 Å². The lowest BCUT2D eigenvalue weighted by Gasteiger charge is -2.43. The fourth-order valence-corrected chi connectivity index (χ4v) is 4.15. The number of carbonyl (C=O) groups excluding carboxylic acids is 1. The predicted octanol–water partition coefficient (Wildman–Crippen LogP) is 2.93. The topological polar surface area (TPSA) is 49.6 Å². The zero-order chi connectivity index (χ0) is 16.6. The lowest BCUT2D eigenvalue weighted by molar-refractivity contribution is -0.146. The highest BCUT2D eigenvalue weighted by molar-refractivity contribution is 5.87. The molecule has 24 heavy (non-hydrogen) atoms. The monoisotopic (exact) mass is 325 g/mol. The van der Waals surface area contributed by atoms with Crippen molar-refractivity contribution < 1.29 is 9.21 Å². The lowest BCUT2D eigenvalue weighted by Crippen LogP contribution is -2.58. The van der Waals surface area contributed by atoms with E-state index in [4.69, 9.17) is 4.42 Å². The Morgan fingerprint density at radius 2 is 1.92 bits per heavy atom. The number of amides is 1. The van der Waals surface area contributed by atoms with Crippen molar-refractivity contribution in [3.05, 3.63) is 42.3 Å². The van der Waals surface area contributed by atoms with Crippen molar-refractivity contribution in [2.24, 2.45) is 0 Å². The number of benzene rings is 1. The molecule has 2 aromatic rings. The number of aromatic nitrogens is 1. The maximum absolute atomic E-state index is 12.8. The molecule has 1 aromatic heterocycles. The number of nitrogens with zero attached hydrogens (tertiary/aromatic N) is 3. The highest BCUT2D eigenvalue weighted by Crippen LogP contribution is 2.38. The Morgan fingerprint density at radius 3 is 2.71 bits per heavy atom. The fraction of sp³-hybridized carbons (Fsp3) is 0.474. The summed E-state index contributed by atoms with van der Waals surface area (Å²) in [6.45, 7) is 2.50. The third-order valence-corrected chi connectivity index (χ3v) is 5.38. The van der Waals surface area contributed by atoms with E-state index in [-0.39, 0.29) is 11.4 Å². The van der Waals surface area contributed by atoms with Gasteiger partial charge in [0.25, 0.3) is 0 Å². The van der Waals surface area contributed by atoms with Crippen LogP contribution in [0.1, 0.15) is 31.4 Å². The predicted molar refractivity (Wildman–Crippen MR) is 91.2 cm³/mol. The molecule has 2 saturated heterocycles. The van der Waals surface area contributed by atoms with E-state index in [1.54, 1.807) is 6.26 Å². The number of piperidine rings is 1. The third kappa shape index (κ3) is 2.53. The Kier molecular flexibility index (Phi) is 3.88. The Bertz CT molecular complexity index is 727. The van der Waals surface area contributed by atoms with E-state index >= 15 is 0 Å². The van der Waals surface area contributed by atoms with Gasteiger partial charge in [0, 0.05) is 25.7 Å². The van der Waals surface area contributed by atoms with Crippen molar-refractivity contribution in [2.45, 2.75) is 37.8 Å². The summed E-state index contributed by atoms with van der Waals surface area (Å²) >= 11 is 0. The van der Waals surface area contributed by atoms with Gasteiger partial charge in [0.2, 0.25) is 11.8 Å². The average Bonchev–Trinajstić information content (AvgIpc) is 3.22. The summed E-state index contributed by atoms with van der Waals surface area (Å²) < 4.78 is 5.65. The van der Waals surface area contributed by atoms with E-state index < -0.39 is 0 Å². The Hall–Kier alpha value is -2.14. The summed E-state index contributed by atoms with van der Waals surface area (Å²) in [7, 11) is 1.92. The van der Waals surface area contributed by atoms with Gasteiger partial charge in [-0.15, -0.1) is 0 Å². The second-order valence-electron chi connectivity index (χ2n) is 6.90. The molecule has 1 spiro atoms. The minimum absolute atomic E-state index is 0.276. The highest BCUT2D eigenvalue weighted by atomic mass is 16.3. The molecular formula is C19H23N3O2. The van der Waals surface area contributed by atoms with E-state index in [1.807, 2.05) is 42.3 Å². The first-order chi connectivity index (χ1) is 11.7. The van der Waals surface area contributed by atoms with Crippen molar-refractivity contribution in [3.63, 3.8) is 0 Å². The van der Waals surface area contributed by atoms with Gasteiger partial charge in [-0.25, -0.2) is 4.98 Å². The molecule has 4 rings (SSSR count). The van der Waals surface area contributed by atoms with Crippen LogP contribution in [-0.4, -0.2) is 46.4 Å². The summed E-state index contributed by atoms with van der Waals surface area (Å²) in [5.41, 5.74) is 1.56. The van der Waals surface area contributed by atoms with E-state index in [0.717, 1.165) is 50.0 Å². The molecule has 5 heteroatoms. The van der Waals surface area contributed by atoms with Crippen LogP contribution >= 0.6 is 0 Å². The van der Waals surface area contributed by atoms with Gasteiger partial charge in [-0.1, -0.05) is 18.2 Å². The second kappa shape index (κ2) is 6.06. The summed E-state index contributed by atoms with van der Waals surface area (Å²) in [5, 5.41) is 0. The van der Waals surface area contributed by atoms with Crippen LogP contribution in [0, 0.1) is 0 Å². The van der Waals surface area contributed by atoms with Crippen LogP contribution in [0.4, 0.5) is 0 Å². The zero-order valence-electron chi connectivity index (χ0n) is 14.1. The molecule has 3 heterocycles. The molecule has 2 fully saturated rings. The van der Waals surface area contributed by atoms with Gasteiger partial charge < -0.3 is 9.32 Å². The maximum Gasteiger partial charge on any atom is 0.242 e. The molecule has 5 nitrogen and oxygen atoms in total. The number of likely N-dealkylation sites (tertiary alicyclic amines) is 2. The Labute approximate surface area is 142 Å². The molecular weight excluding hydrogens is 302 g/mol. The summed E-state index contributed by atoms with van der Waals surface area (Å²) in [4.78, 5) is 21.7. The van der Waals surface area contributed by atoms with Crippen molar-refractivity contribution in [3.8, 4) is 11.5 Å². The van der Waals surface area contributed by atoms with Gasteiger partial charge in [0.1, 0.15) is 11.8 Å². The van der Waals surface area contributed by atoms with Crippen LogP contribution in [0.3, 0.4) is 0 Å². The molecule has 0 radical (unpaired) electrons. The largest absolute Gasteiger partial charge is 0.444 e. The number of carbonyl (C=O) groups is 1. The van der Waals surface area contributed by atoms with Crippen molar-refractivity contribution in [2.75, 3.05) is 20.1 Å². The smallest absolute Gasteiger partial charge is 0.242 e. The Balaban J connectivity index is 1.55. The summed E-state index contributed by atoms with van der Waals surface area (Å²) in [6.07, 6.45) is 5.79. The number of hydrogen-bond acceptors (Lipinski definition) is 4. The molecule has 1 amide bonds. The molecule has 1 atom stereocenters. The standard InChI is InChI=1S/C19H23N3O2/c1-21-11-5-9-19(18(21)23)10-6-12-22(19)13-16-14-24-17(20-16)15-7-3-2-4-8-15/h2-4,7-8,14H,5-6,9-13H2,1H3. The molecule has 1 aromatic carbocycles. The van der Waals surface area contributed by atoms with Crippen LogP contribution in [-0.2, 0) is 11.3 Å². The van der Waals surface area contributed by atoms with Crippen LogP contribution in [0.2, 0.25) is 0 Å². The average molecular weight is 325 g/mol. The summed E-state index contributed by atoms with van der Waals surface area (Å²) in [5.74, 6) is 0.920. The highest BCUT2D eigenvalue weighted by Gasteiger charge is 2.50. The molecule has 0 bridgehead atoms. The van der Waals surface area contributed by atoms with Gasteiger partial charge >= 0.3 is 0 Å². The molecule has 0 aliphatic carbocycles. The van der Waals surface area contributed by atoms with Gasteiger partial charge in [-0.05, 0) is 44.4 Å². The van der Waals surface area contributed by atoms with Crippen molar-refractivity contribution in [1.29, 1.82) is 0 Å². The van der Waals surface area contributed by atoms with Crippen LogP contribution < -0.4 is 0 Å².